The van der Waals surface area contributed by atoms with Gasteiger partial charge in [0.2, 0.25) is 0 Å². The van der Waals surface area contributed by atoms with E-state index in [0.717, 1.165) is 25.0 Å². The van der Waals surface area contributed by atoms with E-state index in [1.807, 2.05) is 4.68 Å². The zero-order chi connectivity index (χ0) is 18.8. The van der Waals surface area contributed by atoms with Crippen molar-refractivity contribution in [1.29, 1.82) is 0 Å². The largest absolute Gasteiger partial charge is 0.481 e. The van der Waals surface area contributed by atoms with Crippen LogP contribution in [0.4, 0.5) is 5.69 Å². The molecule has 2 unspecified atom stereocenters. The highest BCUT2D eigenvalue weighted by Gasteiger charge is 2.33. The molecule has 1 aliphatic carbocycles. The van der Waals surface area contributed by atoms with Crippen molar-refractivity contribution in [3.63, 3.8) is 0 Å². The second-order valence-electron chi connectivity index (χ2n) is 7.06. The Morgan fingerprint density at radius 3 is 2.46 bits per heavy atom. The number of carbonyl (C=O) groups excluding carboxylic acids is 1. The maximum absolute atomic E-state index is 12.8. The van der Waals surface area contributed by atoms with Crippen LogP contribution in [0.25, 0.3) is 0 Å². The zero-order valence-corrected chi connectivity index (χ0v) is 15.4. The van der Waals surface area contributed by atoms with E-state index in [2.05, 4.69) is 24.3 Å². The number of aliphatic carboxylic acids is 1. The Morgan fingerprint density at radius 1 is 1.27 bits per heavy atom. The third-order valence-electron chi connectivity index (χ3n) is 5.09. The van der Waals surface area contributed by atoms with Gasteiger partial charge in [-0.25, -0.2) is 0 Å². The molecule has 26 heavy (non-hydrogen) atoms. The second kappa shape index (κ2) is 7.32. The van der Waals surface area contributed by atoms with Crippen LogP contribution in [0.5, 0.6) is 0 Å². The predicted octanol–water partition coefficient (Wildman–Crippen LogP) is 4.17. The topological polar surface area (TPSA) is 84.2 Å². The highest BCUT2D eigenvalue weighted by atomic mass is 16.4. The third kappa shape index (κ3) is 3.64. The molecule has 2 atom stereocenters. The average molecular weight is 355 g/mol. The molecule has 0 aliphatic heterocycles. The molecule has 138 valence electrons. The predicted molar refractivity (Wildman–Crippen MR) is 99.7 cm³/mol. The number of rotatable bonds is 7. The molecule has 1 amide bonds. The molecule has 1 aromatic heterocycles. The van der Waals surface area contributed by atoms with Gasteiger partial charge in [0.25, 0.3) is 5.91 Å². The van der Waals surface area contributed by atoms with E-state index in [1.54, 1.807) is 37.4 Å². The number of hydrogen-bond acceptors (Lipinski definition) is 3. The first kappa shape index (κ1) is 18.2. The Hall–Kier alpha value is -2.63. The molecular weight excluding hydrogens is 330 g/mol. The lowest BCUT2D eigenvalue weighted by Gasteiger charge is -2.14. The zero-order valence-electron chi connectivity index (χ0n) is 15.4. The molecule has 1 saturated carbocycles. The third-order valence-corrected chi connectivity index (χ3v) is 5.09. The van der Waals surface area contributed by atoms with Gasteiger partial charge >= 0.3 is 5.97 Å². The van der Waals surface area contributed by atoms with Crippen LogP contribution in [0.15, 0.2) is 30.5 Å². The van der Waals surface area contributed by atoms with Crippen molar-refractivity contribution in [2.75, 3.05) is 5.32 Å². The number of anilines is 1. The fraction of sp³-hybridized carbons (Fsp3) is 0.450. The summed E-state index contributed by atoms with van der Waals surface area (Å²) in [5.74, 6) is -1.19. The Kier molecular flexibility index (Phi) is 5.11. The molecule has 1 aromatic carbocycles. The summed E-state index contributed by atoms with van der Waals surface area (Å²) in [5, 5.41) is 16.4. The van der Waals surface area contributed by atoms with Crippen LogP contribution in [0.2, 0.25) is 0 Å². The van der Waals surface area contributed by atoms with Gasteiger partial charge < -0.3 is 10.4 Å². The van der Waals surface area contributed by atoms with Crippen LogP contribution in [-0.4, -0.2) is 26.8 Å². The summed E-state index contributed by atoms with van der Waals surface area (Å²) >= 11 is 0. The van der Waals surface area contributed by atoms with Crippen molar-refractivity contribution in [1.82, 2.24) is 9.78 Å². The van der Waals surface area contributed by atoms with E-state index < -0.39 is 11.9 Å². The normalized spacial score (nSPS) is 16.1. The quantitative estimate of drug-likeness (QED) is 0.780. The fourth-order valence-corrected chi connectivity index (χ4v) is 3.03. The van der Waals surface area contributed by atoms with Gasteiger partial charge in [0.05, 0.1) is 23.4 Å². The van der Waals surface area contributed by atoms with Gasteiger partial charge in [0.15, 0.2) is 0 Å². The number of nitrogens with one attached hydrogen (secondary N) is 1. The van der Waals surface area contributed by atoms with Crippen LogP contribution in [-0.2, 0) is 4.79 Å². The van der Waals surface area contributed by atoms with Crippen LogP contribution in [0.3, 0.4) is 0 Å². The van der Waals surface area contributed by atoms with E-state index in [9.17, 15) is 9.59 Å². The standard InChI is InChI=1S/C20H25N3O3/c1-4-12(2)23-18(15-5-6-15)17(11-21-23)19(24)22-16-9-7-14(8-10-16)13(3)20(25)26/h7-13,15H,4-6H2,1-3H3,(H,22,24)(H,25,26). The van der Waals surface area contributed by atoms with Crippen molar-refractivity contribution in [2.45, 2.75) is 57.9 Å². The first-order chi connectivity index (χ1) is 12.4. The van der Waals surface area contributed by atoms with E-state index in [0.29, 0.717) is 22.7 Å². The van der Waals surface area contributed by atoms with Crippen molar-refractivity contribution in [3.8, 4) is 0 Å². The van der Waals surface area contributed by atoms with Crippen LogP contribution >= 0.6 is 0 Å². The van der Waals surface area contributed by atoms with Gasteiger partial charge in [-0.1, -0.05) is 19.1 Å². The Labute approximate surface area is 153 Å². The molecule has 1 aliphatic rings. The summed E-state index contributed by atoms with van der Waals surface area (Å²) in [6.07, 6.45) is 4.83. The molecule has 0 radical (unpaired) electrons. The Morgan fingerprint density at radius 2 is 1.92 bits per heavy atom. The van der Waals surface area contributed by atoms with Gasteiger partial charge in [-0.15, -0.1) is 0 Å². The summed E-state index contributed by atoms with van der Waals surface area (Å²) in [5.41, 5.74) is 3.02. The molecule has 0 saturated heterocycles. The SMILES string of the molecule is CCC(C)n1ncc(C(=O)Nc2ccc(C(C)C(=O)O)cc2)c1C1CC1. The number of amides is 1. The van der Waals surface area contributed by atoms with Gasteiger partial charge in [0.1, 0.15) is 0 Å². The summed E-state index contributed by atoms with van der Waals surface area (Å²) in [4.78, 5) is 23.8. The minimum atomic E-state index is -0.867. The molecule has 2 N–H and O–H groups in total. The number of aromatic nitrogens is 2. The summed E-state index contributed by atoms with van der Waals surface area (Å²) in [6.45, 7) is 5.87. The molecule has 3 rings (SSSR count). The van der Waals surface area contributed by atoms with Gasteiger partial charge in [0, 0.05) is 17.6 Å². The number of carboxylic acids is 1. The monoisotopic (exact) mass is 355 g/mol. The maximum atomic E-state index is 12.8. The van der Waals surface area contributed by atoms with Gasteiger partial charge in [-0.3, -0.25) is 14.3 Å². The van der Waals surface area contributed by atoms with Gasteiger partial charge in [-0.05, 0) is 50.8 Å². The number of hydrogen-bond donors (Lipinski definition) is 2. The Bertz CT molecular complexity index is 806. The summed E-state index contributed by atoms with van der Waals surface area (Å²) in [7, 11) is 0. The van der Waals surface area contributed by atoms with E-state index >= 15 is 0 Å². The minimum Gasteiger partial charge on any atom is -0.481 e. The maximum Gasteiger partial charge on any atom is 0.310 e. The molecule has 6 heteroatoms. The van der Waals surface area contributed by atoms with Gasteiger partial charge in [-0.2, -0.15) is 5.10 Å². The molecule has 2 aromatic rings. The number of benzene rings is 1. The minimum absolute atomic E-state index is 0.166. The van der Waals surface area contributed by atoms with Crippen LogP contribution < -0.4 is 5.32 Å². The number of carbonyl (C=O) groups is 2. The molecule has 0 spiro atoms. The van der Waals surface area contributed by atoms with E-state index in [4.69, 9.17) is 5.11 Å². The van der Waals surface area contributed by atoms with Crippen molar-refractivity contribution in [3.05, 3.63) is 47.3 Å². The molecular formula is C20H25N3O3. The lowest BCUT2D eigenvalue weighted by atomic mass is 10.0. The first-order valence-electron chi connectivity index (χ1n) is 9.13. The highest BCUT2D eigenvalue weighted by molar-refractivity contribution is 6.05. The molecule has 1 fully saturated rings. The second-order valence-corrected chi connectivity index (χ2v) is 7.06. The molecule has 0 bridgehead atoms. The smallest absolute Gasteiger partial charge is 0.310 e. The summed E-state index contributed by atoms with van der Waals surface area (Å²) < 4.78 is 1.99. The highest BCUT2D eigenvalue weighted by Crippen LogP contribution is 2.42. The van der Waals surface area contributed by atoms with E-state index in [1.165, 1.54) is 0 Å². The van der Waals surface area contributed by atoms with E-state index in [-0.39, 0.29) is 11.9 Å². The molecule has 6 nitrogen and oxygen atoms in total. The van der Waals surface area contributed by atoms with Crippen molar-refractivity contribution < 1.29 is 14.7 Å². The van der Waals surface area contributed by atoms with Crippen molar-refractivity contribution in [2.24, 2.45) is 0 Å². The summed E-state index contributed by atoms with van der Waals surface area (Å²) in [6, 6.07) is 7.21. The van der Waals surface area contributed by atoms with Crippen LogP contribution in [0, 0.1) is 0 Å². The average Bonchev–Trinajstić information content (AvgIpc) is 3.38. The lowest BCUT2D eigenvalue weighted by molar-refractivity contribution is -0.138. The number of nitrogens with zero attached hydrogens (tertiary/aromatic N) is 2. The number of carboxylic acid groups (broad SMARTS) is 1. The van der Waals surface area contributed by atoms with Crippen molar-refractivity contribution >= 4 is 17.6 Å². The lowest BCUT2D eigenvalue weighted by Crippen LogP contribution is -2.16. The fourth-order valence-electron chi connectivity index (χ4n) is 3.03. The van der Waals surface area contributed by atoms with Crippen LogP contribution in [0.1, 0.15) is 79.5 Å². The first-order valence-corrected chi connectivity index (χ1v) is 9.13. The molecule has 1 heterocycles. The Balaban J connectivity index is 1.78.